The maximum Gasteiger partial charge on any atom is 0.186 e. The van der Waals surface area contributed by atoms with E-state index in [9.17, 15) is 4.79 Å². The molecule has 24 heavy (non-hydrogen) atoms. The second-order valence-electron chi connectivity index (χ2n) is 5.61. The fourth-order valence-electron chi connectivity index (χ4n) is 2.11. The SMILES string of the molecule is COc1ccc(NN=C(Sc2ccccc2C(C)C)C(C)=O)cc1. The molecule has 0 amide bonds. The highest BCUT2D eigenvalue weighted by atomic mass is 32.2. The predicted octanol–water partition coefficient (Wildman–Crippen LogP) is 4.93. The zero-order valence-corrected chi connectivity index (χ0v) is 15.2. The summed E-state index contributed by atoms with van der Waals surface area (Å²) in [6, 6.07) is 15.5. The van der Waals surface area contributed by atoms with Gasteiger partial charge in [-0.15, -0.1) is 0 Å². The lowest BCUT2D eigenvalue weighted by Gasteiger charge is -2.12. The lowest BCUT2D eigenvalue weighted by molar-refractivity contribution is -0.110. The Morgan fingerprint density at radius 2 is 1.79 bits per heavy atom. The molecule has 0 aliphatic carbocycles. The first-order chi connectivity index (χ1) is 11.5. The van der Waals surface area contributed by atoms with Gasteiger partial charge in [0.1, 0.15) is 5.75 Å². The Balaban J connectivity index is 2.18. The molecule has 0 aliphatic heterocycles. The molecule has 5 heteroatoms. The number of ether oxygens (including phenoxy) is 1. The Labute approximate surface area is 147 Å². The fraction of sp³-hybridized carbons (Fsp3) is 0.263. The molecular weight excluding hydrogens is 320 g/mol. The number of hydrogen-bond donors (Lipinski definition) is 1. The number of nitrogens with one attached hydrogen (secondary N) is 1. The second kappa shape index (κ2) is 8.55. The summed E-state index contributed by atoms with van der Waals surface area (Å²) in [5.74, 6) is 1.09. The largest absolute Gasteiger partial charge is 0.497 e. The summed E-state index contributed by atoms with van der Waals surface area (Å²) >= 11 is 1.39. The molecular formula is C19H22N2O2S. The van der Waals surface area contributed by atoms with Crippen LogP contribution in [0.1, 0.15) is 32.3 Å². The Hall–Kier alpha value is -2.27. The maximum atomic E-state index is 11.9. The van der Waals surface area contributed by atoms with Gasteiger partial charge in [-0.05, 0) is 41.8 Å². The van der Waals surface area contributed by atoms with E-state index in [0.717, 1.165) is 16.3 Å². The summed E-state index contributed by atoms with van der Waals surface area (Å²) in [4.78, 5) is 13.0. The number of benzene rings is 2. The highest BCUT2D eigenvalue weighted by Crippen LogP contribution is 2.29. The summed E-state index contributed by atoms with van der Waals surface area (Å²) < 4.78 is 5.13. The van der Waals surface area contributed by atoms with Crippen molar-refractivity contribution in [2.24, 2.45) is 5.10 Å². The van der Waals surface area contributed by atoms with Gasteiger partial charge in [0.15, 0.2) is 10.8 Å². The average Bonchev–Trinajstić information content (AvgIpc) is 2.59. The van der Waals surface area contributed by atoms with Crippen LogP contribution in [0.3, 0.4) is 0 Å². The first-order valence-electron chi connectivity index (χ1n) is 7.76. The minimum Gasteiger partial charge on any atom is -0.497 e. The number of Topliss-reactive ketones (excluding diaryl/α,β-unsaturated/α-hetero) is 1. The van der Waals surface area contributed by atoms with Crippen molar-refractivity contribution in [2.75, 3.05) is 12.5 Å². The highest BCUT2D eigenvalue weighted by molar-refractivity contribution is 8.15. The third kappa shape index (κ3) is 4.86. The van der Waals surface area contributed by atoms with Crippen molar-refractivity contribution in [1.82, 2.24) is 0 Å². The topological polar surface area (TPSA) is 50.7 Å². The van der Waals surface area contributed by atoms with Gasteiger partial charge in [-0.25, -0.2) is 0 Å². The van der Waals surface area contributed by atoms with Gasteiger partial charge in [-0.1, -0.05) is 43.8 Å². The molecule has 0 unspecified atom stereocenters. The third-order valence-corrected chi connectivity index (χ3v) is 4.59. The number of anilines is 1. The van der Waals surface area contributed by atoms with Gasteiger partial charge in [-0.2, -0.15) is 5.10 Å². The second-order valence-corrected chi connectivity index (χ2v) is 6.64. The van der Waals surface area contributed by atoms with Crippen LogP contribution >= 0.6 is 11.8 Å². The van der Waals surface area contributed by atoms with Gasteiger partial charge >= 0.3 is 0 Å². The monoisotopic (exact) mass is 342 g/mol. The van der Waals surface area contributed by atoms with E-state index in [1.165, 1.54) is 24.2 Å². The molecule has 0 radical (unpaired) electrons. The van der Waals surface area contributed by atoms with Crippen molar-refractivity contribution in [3.8, 4) is 5.75 Å². The molecule has 2 aromatic carbocycles. The molecule has 0 aromatic heterocycles. The molecule has 2 rings (SSSR count). The minimum atomic E-state index is -0.0698. The number of ketones is 1. The van der Waals surface area contributed by atoms with Crippen LogP contribution in [0.2, 0.25) is 0 Å². The van der Waals surface area contributed by atoms with Crippen LogP contribution < -0.4 is 10.2 Å². The van der Waals surface area contributed by atoms with Crippen molar-refractivity contribution in [1.29, 1.82) is 0 Å². The summed E-state index contributed by atoms with van der Waals surface area (Å²) in [6.45, 7) is 5.80. The van der Waals surface area contributed by atoms with E-state index in [4.69, 9.17) is 4.74 Å². The van der Waals surface area contributed by atoms with Crippen LogP contribution in [0.5, 0.6) is 5.75 Å². The molecule has 0 fully saturated rings. The molecule has 0 atom stereocenters. The van der Waals surface area contributed by atoms with Crippen LogP contribution in [-0.2, 0) is 4.79 Å². The van der Waals surface area contributed by atoms with E-state index in [2.05, 4.69) is 30.4 Å². The number of carbonyl (C=O) groups excluding carboxylic acids is 1. The quantitative estimate of drug-likeness (QED) is 0.350. The van der Waals surface area contributed by atoms with Crippen molar-refractivity contribution >= 4 is 28.3 Å². The number of methoxy groups -OCH3 is 1. The molecule has 0 aliphatic rings. The third-order valence-electron chi connectivity index (χ3n) is 3.43. The smallest absolute Gasteiger partial charge is 0.186 e. The molecule has 0 bridgehead atoms. The van der Waals surface area contributed by atoms with Crippen molar-refractivity contribution in [2.45, 2.75) is 31.6 Å². The molecule has 0 saturated heterocycles. The van der Waals surface area contributed by atoms with E-state index in [1.807, 2.05) is 42.5 Å². The Morgan fingerprint density at radius 3 is 2.38 bits per heavy atom. The van der Waals surface area contributed by atoms with Gasteiger partial charge in [-0.3, -0.25) is 10.2 Å². The summed E-state index contributed by atoms with van der Waals surface area (Å²) in [5.41, 5.74) is 4.94. The minimum absolute atomic E-state index is 0.0698. The number of hydrazone groups is 1. The zero-order chi connectivity index (χ0) is 17.5. The van der Waals surface area contributed by atoms with Crippen LogP contribution in [0.15, 0.2) is 58.5 Å². The van der Waals surface area contributed by atoms with E-state index in [1.54, 1.807) is 7.11 Å². The van der Waals surface area contributed by atoms with Crippen LogP contribution in [0.4, 0.5) is 5.69 Å². The van der Waals surface area contributed by atoms with E-state index in [0.29, 0.717) is 11.0 Å². The zero-order valence-electron chi connectivity index (χ0n) is 14.4. The molecule has 0 heterocycles. The lowest BCUT2D eigenvalue weighted by atomic mass is 10.0. The van der Waals surface area contributed by atoms with Crippen LogP contribution in [0, 0.1) is 0 Å². The number of rotatable bonds is 6. The molecule has 126 valence electrons. The number of nitrogens with zero attached hydrogens (tertiary/aromatic N) is 1. The van der Waals surface area contributed by atoms with Gasteiger partial charge in [0.25, 0.3) is 0 Å². The Morgan fingerprint density at radius 1 is 1.12 bits per heavy atom. The van der Waals surface area contributed by atoms with Gasteiger partial charge in [0.05, 0.1) is 12.8 Å². The first-order valence-corrected chi connectivity index (χ1v) is 8.58. The Kier molecular flexibility index (Phi) is 6.44. The van der Waals surface area contributed by atoms with Crippen molar-refractivity contribution < 1.29 is 9.53 Å². The van der Waals surface area contributed by atoms with E-state index >= 15 is 0 Å². The summed E-state index contributed by atoms with van der Waals surface area (Å²) in [5, 5.41) is 4.71. The maximum absolute atomic E-state index is 11.9. The molecule has 4 nitrogen and oxygen atoms in total. The summed E-state index contributed by atoms with van der Waals surface area (Å²) in [7, 11) is 1.62. The van der Waals surface area contributed by atoms with Gasteiger partial charge in [0.2, 0.25) is 0 Å². The number of carbonyl (C=O) groups is 1. The lowest BCUT2D eigenvalue weighted by Crippen LogP contribution is -2.09. The molecule has 0 saturated carbocycles. The van der Waals surface area contributed by atoms with Gasteiger partial charge < -0.3 is 4.74 Å². The van der Waals surface area contributed by atoms with Crippen molar-refractivity contribution in [3.63, 3.8) is 0 Å². The van der Waals surface area contributed by atoms with Crippen molar-refractivity contribution in [3.05, 3.63) is 54.1 Å². The molecule has 2 aromatic rings. The highest BCUT2D eigenvalue weighted by Gasteiger charge is 2.13. The summed E-state index contributed by atoms with van der Waals surface area (Å²) in [6.07, 6.45) is 0. The first kappa shape index (κ1) is 18.1. The van der Waals surface area contributed by atoms with Crippen LogP contribution in [0.25, 0.3) is 0 Å². The molecule has 0 spiro atoms. The van der Waals surface area contributed by atoms with Crippen LogP contribution in [-0.4, -0.2) is 17.9 Å². The molecule has 1 N–H and O–H groups in total. The number of hydrogen-bond acceptors (Lipinski definition) is 5. The van der Waals surface area contributed by atoms with Gasteiger partial charge in [0, 0.05) is 11.8 Å². The van der Waals surface area contributed by atoms with E-state index in [-0.39, 0.29) is 5.78 Å². The number of thioether (sulfide) groups is 1. The average molecular weight is 342 g/mol. The standard InChI is InChI=1S/C19H22N2O2S/c1-13(2)17-7-5-6-8-18(17)24-19(14(3)22)21-20-15-9-11-16(23-4)12-10-15/h5-13,20H,1-4H3. The fourth-order valence-corrected chi connectivity index (χ4v) is 3.12. The van der Waals surface area contributed by atoms with E-state index < -0.39 is 0 Å². The predicted molar refractivity (Wildman–Crippen MR) is 101 cm³/mol. The Bertz CT molecular complexity index is 724. The normalized spacial score (nSPS) is 11.5.